The molecule has 2 N–H and O–H groups in total. The average molecular weight is 260 g/mol. The van der Waals surface area contributed by atoms with Crippen molar-refractivity contribution in [3.8, 4) is 5.75 Å². The summed E-state index contributed by atoms with van der Waals surface area (Å²) in [5, 5.41) is 0.971. The first kappa shape index (κ1) is 12.9. The van der Waals surface area contributed by atoms with Crippen molar-refractivity contribution in [2.45, 2.75) is 6.92 Å². The van der Waals surface area contributed by atoms with Crippen LogP contribution in [0.3, 0.4) is 0 Å². The second-order valence-electron chi connectivity index (χ2n) is 3.14. The van der Waals surface area contributed by atoms with Gasteiger partial charge in [-0.3, -0.25) is 4.79 Å². The van der Waals surface area contributed by atoms with Crippen LogP contribution >= 0.6 is 23.2 Å². The SMILES string of the molecule is CC(=CCOc1ccc(Cl)cc1Cl)C(N)=O. The minimum absolute atomic E-state index is 0.232. The summed E-state index contributed by atoms with van der Waals surface area (Å²) in [7, 11) is 0. The van der Waals surface area contributed by atoms with Gasteiger partial charge in [-0.2, -0.15) is 0 Å². The molecule has 0 aliphatic carbocycles. The zero-order valence-electron chi connectivity index (χ0n) is 8.67. The molecule has 16 heavy (non-hydrogen) atoms. The van der Waals surface area contributed by atoms with Crippen LogP contribution in [0, 0.1) is 0 Å². The summed E-state index contributed by atoms with van der Waals surface area (Å²) >= 11 is 11.6. The van der Waals surface area contributed by atoms with E-state index in [9.17, 15) is 4.79 Å². The maximum atomic E-state index is 10.7. The highest BCUT2D eigenvalue weighted by Gasteiger charge is 2.02. The molecule has 0 aromatic heterocycles. The molecule has 0 bridgehead atoms. The van der Waals surface area contributed by atoms with Crippen molar-refractivity contribution in [3.63, 3.8) is 0 Å². The number of nitrogens with two attached hydrogens (primary N) is 1. The molecule has 0 radical (unpaired) electrons. The van der Waals surface area contributed by atoms with Crippen molar-refractivity contribution in [2.75, 3.05) is 6.61 Å². The summed E-state index contributed by atoms with van der Waals surface area (Å²) in [6.45, 7) is 1.85. The molecule has 86 valence electrons. The number of hydrogen-bond acceptors (Lipinski definition) is 2. The summed E-state index contributed by atoms with van der Waals surface area (Å²) in [5.41, 5.74) is 5.51. The molecule has 3 nitrogen and oxygen atoms in total. The third-order valence-electron chi connectivity index (χ3n) is 1.91. The van der Waals surface area contributed by atoms with Gasteiger partial charge in [-0.15, -0.1) is 0 Å². The molecule has 0 saturated heterocycles. The molecule has 1 rings (SSSR count). The van der Waals surface area contributed by atoms with Crippen LogP contribution in [-0.2, 0) is 4.79 Å². The van der Waals surface area contributed by atoms with Crippen molar-refractivity contribution < 1.29 is 9.53 Å². The minimum atomic E-state index is -0.467. The van der Waals surface area contributed by atoms with E-state index in [0.717, 1.165) is 0 Å². The number of benzene rings is 1. The minimum Gasteiger partial charge on any atom is -0.488 e. The average Bonchev–Trinajstić information content (AvgIpc) is 2.20. The van der Waals surface area contributed by atoms with Crippen molar-refractivity contribution in [3.05, 3.63) is 39.9 Å². The highest BCUT2D eigenvalue weighted by molar-refractivity contribution is 6.35. The van der Waals surface area contributed by atoms with Gasteiger partial charge in [0.1, 0.15) is 12.4 Å². The maximum Gasteiger partial charge on any atom is 0.244 e. The van der Waals surface area contributed by atoms with E-state index in [-0.39, 0.29) is 6.61 Å². The molecule has 1 amide bonds. The Bertz CT molecular complexity index is 430. The fraction of sp³-hybridized carbons (Fsp3) is 0.182. The fourth-order valence-electron chi connectivity index (χ4n) is 0.949. The molecular formula is C11H11Cl2NO2. The molecule has 5 heteroatoms. The van der Waals surface area contributed by atoms with Crippen molar-refractivity contribution >= 4 is 29.1 Å². The van der Waals surface area contributed by atoms with Crippen LogP contribution in [0.4, 0.5) is 0 Å². The molecule has 1 aromatic rings. The lowest BCUT2D eigenvalue weighted by Gasteiger charge is -2.05. The second kappa shape index (κ2) is 5.77. The largest absolute Gasteiger partial charge is 0.488 e. The zero-order valence-corrected chi connectivity index (χ0v) is 10.2. The quantitative estimate of drug-likeness (QED) is 0.846. The van der Waals surface area contributed by atoms with E-state index < -0.39 is 5.91 Å². The monoisotopic (exact) mass is 259 g/mol. The standard InChI is InChI=1S/C11H11Cl2NO2/c1-7(11(14)15)4-5-16-10-3-2-8(12)6-9(10)13/h2-4,6H,5H2,1H3,(H2,14,15). The fourth-order valence-corrected chi connectivity index (χ4v) is 1.41. The molecule has 0 saturated carbocycles. The van der Waals surface area contributed by atoms with Gasteiger partial charge in [0, 0.05) is 10.6 Å². The number of halogens is 2. The lowest BCUT2D eigenvalue weighted by Crippen LogP contribution is -2.12. The van der Waals surface area contributed by atoms with Gasteiger partial charge in [0.2, 0.25) is 5.91 Å². The number of carbonyl (C=O) groups is 1. The third-order valence-corrected chi connectivity index (χ3v) is 2.44. The first-order valence-corrected chi connectivity index (χ1v) is 5.30. The van der Waals surface area contributed by atoms with Crippen molar-refractivity contribution in [2.24, 2.45) is 5.73 Å². The van der Waals surface area contributed by atoms with Crippen LogP contribution in [0.15, 0.2) is 29.8 Å². The Balaban J connectivity index is 2.62. The Morgan fingerprint density at radius 3 is 2.75 bits per heavy atom. The van der Waals surface area contributed by atoms with Crippen LogP contribution in [0.25, 0.3) is 0 Å². The lowest BCUT2D eigenvalue weighted by atomic mass is 10.3. The van der Waals surface area contributed by atoms with Gasteiger partial charge < -0.3 is 10.5 Å². The molecule has 0 aliphatic rings. The van der Waals surface area contributed by atoms with Crippen molar-refractivity contribution in [1.29, 1.82) is 0 Å². The van der Waals surface area contributed by atoms with Crippen LogP contribution in [0.1, 0.15) is 6.92 Å². The van der Waals surface area contributed by atoms with E-state index in [1.807, 2.05) is 0 Å². The van der Waals surface area contributed by atoms with E-state index in [1.54, 1.807) is 31.2 Å². The van der Waals surface area contributed by atoms with E-state index in [2.05, 4.69) is 0 Å². The lowest BCUT2D eigenvalue weighted by molar-refractivity contribution is -0.114. The first-order chi connectivity index (χ1) is 7.50. The maximum absolute atomic E-state index is 10.7. The number of hydrogen-bond donors (Lipinski definition) is 1. The molecule has 0 spiro atoms. The number of rotatable bonds is 4. The van der Waals surface area contributed by atoms with E-state index >= 15 is 0 Å². The highest BCUT2D eigenvalue weighted by atomic mass is 35.5. The molecular weight excluding hydrogens is 249 g/mol. The molecule has 0 fully saturated rings. The molecule has 0 heterocycles. The summed E-state index contributed by atoms with van der Waals surface area (Å²) < 4.78 is 5.34. The third kappa shape index (κ3) is 3.76. The topological polar surface area (TPSA) is 52.3 Å². The van der Waals surface area contributed by atoms with Crippen LogP contribution in [0.5, 0.6) is 5.75 Å². The molecule has 0 atom stereocenters. The van der Waals surface area contributed by atoms with E-state index in [1.165, 1.54) is 0 Å². The Kier molecular flexibility index (Phi) is 4.65. The summed E-state index contributed by atoms with van der Waals surface area (Å²) in [4.78, 5) is 10.7. The normalized spacial score (nSPS) is 11.3. The van der Waals surface area contributed by atoms with Gasteiger partial charge in [0.25, 0.3) is 0 Å². The number of amides is 1. The molecule has 0 unspecified atom stereocenters. The van der Waals surface area contributed by atoms with Gasteiger partial charge >= 0.3 is 0 Å². The predicted octanol–water partition coefficient (Wildman–Crippen LogP) is 2.80. The smallest absolute Gasteiger partial charge is 0.244 e. The summed E-state index contributed by atoms with van der Waals surface area (Å²) in [6.07, 6.45) is 1.59. The number of primary amides is 1. The second-order valence-corrected chi connectivity index (χ2v) is 3.98. The predicted molar refractivity (Wildman–Crippen MR) is 64.9 cm³/mol. The van der Waals surface area contributed by atoms with Crippen LogP contribution in [0.2, 0.25) is 10.0 Å². The number of ether oxygens (including phenoxy) is 1. The highest BCUT2D eigenvalue weighted by Crippen LogP contribution is 2.27. The van der Waals surface area contributed by atoms with Gasteiger partial charge in [-0.25, -0.2) is 0 Å². The van der Waals surface area contributed by atoms with Gasteiger partial charge in [0.05, 0.1) is 5.02 Å². The Labute approximate surface area is 104 Å². The van der Waals surface area contributed by atoms with E-state index in [0.29, 0.717) is 21.4 Å². The molecule has 0 aliphatic heterocycles. The Hall–Kier alpha value is -1.19. The summed E-state index contributed by atoms with van der Waals surface area (Å²) in [5.74, 6) is 0.0467. The van der Waals surface area contributed by atoms with E-state index in [4.69, 9.17) is 33.7 Å². The van der Waals surface area contributed by atoms with Gasteiger partial charge in [-0.05, 0) is 31.2 Å². The number of carbonyl (C=O) groups excluding carboxylic acids is 1. The van der Waals surface area contributed by atoms with Crippen LogP contribution in [-0.4, -0.2) is 12.5 Å². The van der Waals surface area contributed by atoms with Gasteiger partial charge in [0.15, 0.2) is 0 Å². The Morgan fingerprint density at radius 2 is 2.19 bits per heavy atom. The molecule has 1 aromatic carbocycles. The van der Waals surface area contributed by atoms with Crippen molar-refractivity contribution in [1.82, 2.24) is 0 Å². The van der Waals surface area contributed by atoms with Crippen LogP contribution < -0.4 is 10.5 Å². The zero-order chi connectivity index (χ0) is 12.1. The van der Waals surface area contributed by atoms with Gasteiger partial charge in [-0.1, -0.05) is 23.2 Å². The first-order valence-electron chi connectivity index (χ1n) is 4.55. The summed E-state index contributed by atoms with van der Waals surface area (Å²) in [6, 6.07) is 4.93. The Morgan fingerprint density at radius 1 is 1.50 bits per heavy atom.